The van der Waals surface area contributed by atoms with Gasteiger partial charge in [0.05, 0.1) is 13.2 Å². The third-order valence-corrected chi connectivity index (χ3v) is 8.15. The number of aliphatic hydroxyl groups is 1. The summed E-state index contributed by atoms with van der Waals surface area (Å²) in [6, 6.07) is -1.53. The van der Waals surface area contributed by atoms with Crippen LogP contribution in [0.4, 0.5) is 0 Å². The van der Waals surface area contributed by atoms with Crippen molar-refractivity contribution in [2.75, 3.05) is 19.8 Å². The first-order valence-corrected chi connectivity index (χ1v) is 18.0. The number of aliphatic hydroxyl groups excluding tert-OH is 1. The monoisotopic (exact) mass is 637 g/mol. The summed E-state index contributed by atoms with van der Waals surface area (Å²) in [4.78, 5) is 44.0. The number of unbranched alkanes of at least 4 members (excludes halogenated alkanes) is 19. The van der Waals surface area contributed by atoms with Crippen molar-refractivity contribution in [2.24, 2.45) is 0 Å². The van der Waals surface area contributed by atoms with Gasteiger partial charge >= 0.3 is 19.8 Å². The summed E-state index contributed by atoms with van der Waals surface area (Å²) in [6.45, 7) is 1.48. The van der Waals surface area contributed by atoms with Crippen LogP contribution in [0.1, 0.15) is 149 Å². The molecule has 3 unspecified atom stereocenters. The fourth-order valence-corrected chi connectivity index (χ4v) is 5.40. The molecule has 0 spiro atoms. The molecular weight excluding hydrogens is 577 g/mol. The molecule has 0 saturated heterocycles. The van der Waals surface area contributed by atoms with Gasteiger partial charge in [-0.15, -0.1) is 0 Å². The van der Waals surface area contributed by atoms with Crippen LogP contribution in [0.2, 0.25) is 0 Å². The van der Waals surface area contributed by atoms with E-state index in [1.807, 2.05) is 0 Å². The summed E-state index contributed by atoms with van der Waals surface area (Å²) in [5, 5.41) is 21.2. The first kappa shape index (κ1) is 41.5. The molecule has 12 heteroatoms. The van der Waals surface area contributed by atoms with Crippen molar-refractivity contribution in [3.8, 4) is 0 Å². The molecule has 0 aromatic heterocycles. The maximum Gasteiger partial charge on any atom is 0.472 e. The van der Waals surface area contributed by atoms with Crippen molar-refractivity contribution in [1.29, 1.82) is 0 Å². The van der Waals surface area contributed by atoms with E-state index in [4.69, 9.17) is 0 Å². The molecule has 0 aliphatic heterocycles. The Labute approximate surface area is 259 Å². The number of hydrogen-bond acceptors (Lipinski definition) is 8. The normalized spacial score (nSPS) is 14.1. The van der Waals surface area contributed by atoms with E-state index >= 15 is 0 Å². The average molecular weight is 638 g/mol. The SMILES string of the molecule is CCCCCCCCCCCCCCCCCCCCCCC(=O)NC(COP(=O)(O)OCC(O)COC(C)=O)C(=O)O. The first-order chi connectivity index (χ1) is 20.6. The summed E-state index contributed by atoms with van der Waals surface area (Å²) < 4.78 is 25.7. The summed E-state index contributed by atoms with van der Waals surface area (Å²) in [5.74, 6) is -2.55. The van der Waals surface area contributed by atoms with Crippen LogP contribution >= 0.6 is 7.82 Å². The zero-order chi connectivity index (χ0) is 32.2. The second-order valence-electron chi connectivity index (χ2n) is 11.4. The molecule has 4 N–H and O–H groups in total. The number of ether oxygens (including phenoxy) is 1. The first-order valence-electron chi connectivity index (χ1n) is 16.5. The van der Waals surface area contributed by atoms with Gasteiger partial charge in [0.15, 0.2) is 6.04 Å². The molecule has 0 bridgehead atoms. The number of carbonyl (C=O) groups is 3. The molecule has 0 radical (unpaired) electrons. The lowest BCUT2D eigenvalue weighted by molar-refractivity contribution is -0.144. The van der Waals surface area contributed by atoms with Crippen molar-refractivity contribution in [2.45, 2.75) is 161 Å². The van der Waals surface area contributed by atoms with E-state index in [0.717, 1.165) is 26.2 Å². The number of esters is 1. The van der Waals surface area contributed by atoms with Gasteiger partial charge in [-0.05, 0) is 6.42 Å². The lowest BCUT2D eigenvalue weighted by Gasteiger charge is -2.18. The fourth-order valence-electron chi connectivity index (χ4n) is 4.63. The third-order valence-electron chi connectivity index (χ3n) is 7.20. The van der Waals surface area contributed by atoms with E-state index in [1.165, 1.54) is 103 Å². The summed E-state index contributed by atoms with van der Waals surface area (Å²) >= 11 is 0. The van der Waals surface area contributed by atoms with Crippen molar-refractivity contribution in [1.82, 2.24) is 5.32 Å². The van der Waals surface area contributed by atoms with E-state index in [1.54, 1.807) is 0 Å². The molecular formula is C31H60NO10P. The third kappa shape index (κ3) is 29.0. The van der Waals surface area contributed by atoms with E-state index < -0.39 is 57.6 Å². The standard InChI is InChI=1S/C31H60NO10P/c1-3-4-5-6-7-8-9-10-11-12-13-14-15-16-17-18-19-20-21-22-23-30(35)32-29(31(36)37)26-42-43(38,39)41-25-28(34)24-40-27(2)33/h28-29,34H,3-26H2,1-2H3,(H,32,35)(H,36,37)(H,38,39). The van der Waals surface area contributed by atoms with Crippen LogP contribution in [0.15, 0.2) is 0 Å². The number of carboxylic acid groups (broad SMARTS) is 1. The highest BCUT2D eigenvalue weighted by atomic mass is 31.2. The predicted octanol–water partition coefficient (Wildman–Crippen LogP) is 6.83. The van der Waals surface area contributed by atoms with Crippen LogP contribution < -0.4 is 5.32 Å². The summed E-state index contributed by atoms with van der Waals surface area (Å²) in [5.41, 5.74) is 0. The number of aliphatic carboxylic acids is 1. The molecule has 0 heterocycles. The molecule has 254 valence electrons. The zero-order valence-electron chi connectivity index (χ0n) is 26.8. The number of phosphoric acid groups is 1. The van der Waals surface area contributed by atoms with E-state index in [-0.39, 0.29) is 6.42 Å². The van der Waals surface area contributed by atoms with Crippen molar-refractivity contribution in [3.63, 3.8) is 0 Å². The van der Waals surface area contributed by atoms with Gasteiger partial charge in [0.1, 0.15) is 12.7 Å². The van der Waals surface area contributed by atoms with Crippen LogP contribution in [0, 0.1) is 0 Å². The lowest BCUT2D eigenvalue weighted by Crippen LogP contribution is -2.43. The van der Waals surface area contributed by atoms with Gasteiger partial charge in [-0.1, -0.05) is 129 Å². The Kier molecular flexibility index (Phi) is 27.0. The highest BCUT2D eigenvalue weighted by Gasteiger charge is 2.28. The minimum Gasteiger partial charge on any atom is -0.480 e. The number of phosphoric ester groups is 1. The topological polar surface area (TPSA) is 169 Å². The zero-order valence-corrected chi connectivity index (χ0v) is 27.7. The van der Waals surface area contributed by atoms with Crippen LogP contribution in [0.3, 0.4) is 0 Å². The fraction of sp³-hybridized carbons (Fsp3) is 0.903. The predicted molar refractivity (Wildman–Crippen MR) is 167 cm³/mol. The Balaban J connectivity index is 3.73. The van der Waals surface area contributed by atoms with Crippen LogP contribution in [0.5, 0.6) is 0 Å². The Morgan fingerprint density at radius 2 is 1.07 bits per heavy atom. The summed E-state index contributed by atoms with van der Waals surface area (Å²) in [7, 11) is -4.70. The average Bonchev–Trinajstić information content (AvgIpc) is 2.96. The van der Waals surface area contributed by atoms with Gasteiger partial charge < -0.3 is 25.2 Å². The highest BCUT2D eigenvalue weighted by Crippen LogP contribution is 2.43. The maximum atomic E-state index is 12.1. The molecule has 0 rings (SSSR count). The second-order valence-corrected chi connectivity index (χ2v) is 12.9. The van der Waals surface area contributed by atoms with Crippen molar-refractivity contribution >= 4 is 25.7 Å². The Bertz CT molecular complexity index is 767. The molecule has 3 atom stereocenters. The Hall–Kier alpha value is -1.52. The molecule has 43 heavy (non-hydrogen) atoms. The largest absolute Gasteiger partial charge is 0.480 e. The quantitative estimate of drug-likeness (QED) is 0.0359. The van der Waals surface area contributed by atoms with Gasteiger partial charge in [-0.3, -0.25) is 18.6 Å². The number of nitrogens with one attached hydrogen (secondary N) is 1. The van der Waals surface area contributed by atoms with Gasteiger partial charge in [0, 0.05) is 13.3 Å². The molecule has 0 saturated carbocycles. The van der Waals surface area contributed by atoms with Crippen LogP contribution in [-0.4, -0.2) is 64.9 Å². The van der Waals surface area contributed by atoms with Gasteiger partial charge in [0.2, 0.25) is 5.91 Å². The molecule has 0 aromatic carbocycles. The number of hydrogen-bond donors (Lipinski definition) is 4. The number of carbonyl (C=O) groups excluding carboxylic acids is 2. The van der Waals surface area contributed by atoms with Gasteiger partial charge in [-0.2, -0.15) is 0 Å². The van der Waals surface area contributed by atoms with E-state index in [9.17, 15) is 34.1 Å². The number of amides is 1. The molecule has 0 fully saturated rings. The molecule has 0 aromatic rings. The van der Waals surface area contributed by atoms with Crippen LogP contribution in [-0.2, 0) is 32.7 Å². The molecule has 11 nitrogen and oxygen atoms in total. The van der Waals surface area contributed by atoms with Crippen molar-refractivity contribution in [3.05, 3.63) is 0 Å². The number of carboxylic acids is 1. The van der Waals surface area contributed by atoms with E-state index in [0.29, 0.717) is 6.42 Å². The maximum absolute atomic E-state index is 12.1. The lowest BCUT2D eigenvalue weighted by atomic mass is 10.0. The summed E-state index contributed by atoms with van der Waals surface area (Å²) in [6.07, 6.45) is 24.0. The van der Waals surface area contributed by atoms with Gasteiger partial charge in [-0.25, -0.2) is 9.36 Å². The van der Waals surface area contributed by atoms with Crippen LogP contribution in [0.25, 0.3) is 0 Å². The smallest absolute Gasteiger partial charge is 0.472 e. The molecule has 0 aliphatic carbocycles. The number of rotatable bonds is 31. The minimum absolute atomic E-state index is 0.151. The van der Waals surface area contributed by atoms with Gasteiger partial charge in [0.25, 0.3) is 0 Å². The minimum atomic E-state index is -4.70. The van der Waals surface area contributed by atoms with Crippen molar-refractivity contribution < 1.29 is 47.8 Å². The Morgan fingerprint density at radius 3 is 1.47 bits per heavy atom. The molecule has 0 aliphatic rings. The molecule has 1 amide bonds. The second kappa shape index (κ2) is 28.0. The highest BCUT2D eigenvalue weighted by molar-refractivity contribution is 7.47. The van der Waals surface area contributed by atoms with E-state index in [2.05, 4.69) is 26.0 Å². The Morgan fingerprint density at radius 1 is 0.674 bits per heavy atom.